The lowest BCUT2D eigenvalue weighted by Gasteiger charge is -2.14. The van der Waals surface area contributed by atoms with E-state index in [9.17, 15) is 0 Å². The van der Waals surface area contributed by atoms with E-state index >= 15 is 0 Å². The number of rotatable bonds is 5. The van der Waals surface area contributed by atoms with Crippen LogP contribution < -0.4 is 5.73 Å². The van der Waals surface area contributed by atoms with Crippen LogP contribution in [0.1, 0.15) is 24.7 Å². The third-order valence-electron chi connectivity index (χ3n) is 1.76. The molecule has 0 aliphatic carbocycles. The number of hydrogen-bond donors (Lipinski definition) is 1. The molecule has 1 aromatic rings. The van der Waals surface area contributed by atoms with Gasteiger partial charge < -0.3 is 5.73 Å². The van der Waals surface area contributed by atoms with Crippen molar-refractivity contribution in [3.63, 3.8) is 0 Å². The van der Waals surface area contributed by atoms with Crippen molar-refractivity contribution >= 4 is 23.1 Å². The van der Waals surface area contributed by atoms with Crippen LogP contribution in [-0.4, -0.2) is 12.3 Å². The van der Waals surface area contributed by atoms with E-state index in [1.807, 2.05) is 11.8 Å². The molecule has 1 rings (SSSR count). The minimum Gasteiger partial charge on any atom is -0.329 e. The second kappa shape index (κ2) is 5.68. The number of thiophene rings is 1. The SMILES string of the molecule is CC(C)CSC(CN)c1ccsc1. The van der Waals surface area contributed by atoms with Gasteiger partial charge in [0.2, 0.25) is 0 Å². The molecule has 0 radical (unpaired) electrons. The first kappa shape index (κ1) is 11.1. The summed E-state index contributed by atoms with van der Waals surface area (Å²) in [5.74, 6) is 1.94. The van der Waals surface area contributed by atoms with Gasteiger partial charge in [-0.25, -0.2) is 0 Å². The first-order valence-corrected chi connectivity index (χ1v) is 6.57. The van der Waals surface area contributed by atoms with Crippen molar-refractivity contribution < 1.29 is 0 Å². The summed E-state index contributed by atoms with van der Waals surface area (Å²) < 4.78 is 0. The second-order valence-corrected chi connectivity index (χ2v) is 5.52. The zero-order valence-electron chi connectivity index (χ0n) is 8.19. The van der Waals surface area contributed by atoms with Gasteiger partial charge in [0.15, 0.2) is 0 Å². The molecule has 0 spiro atoms. The molecule has 1 atom stereocenters. The highest BCUT2D eigenvalue weighted by molar-refractivity contribution is 7.99. The first-order valence-electron chi connectivity index (χ1n) is 4.57. The summed E-state index contributed by atoms with van der Waals surface area (Å²) in [5, 5.41) is 4.81. The van der Waals surface area contributed by atoms with Gasteiger partial charge in [0.05, 0.1) is 0 Å². The average molecular weight is 215 g/mol. The van der Waals surface area contributed by atoms with Crippen LogP contribution in [0.4, 0.5) is 0 Å². The van der Waals surface area contributed by atoms with Crippen LogP contribution in [0, 0.1) is 5.92 Å². The fraction of sp³-hybridized carbons (Fsp3) is 0.600. The van der Waals surface area contributed by atoms with Gasteiger partial charge in [0, 0.05) is 11.8 Å². The highest BCUT2D eigenvalue weighted by Gasteiger charge is 2.10. The average Bonchev–Trinajstić information content (AvgIpc) is 2.58. The minimum atomic E-state index is 0.494. The molecule has 0 amide bonds. The van der Waals surface area contributed by atoms with E-state index in [1.54, 1.807) is 11.3 Å². The van der Waals surface area contributed by atoms with E-state index in [2.05, 4.69) is 30.7 Å². The Balaban J connectivity index is 2.44. The van der Waals surface area contributed by atoms with Gasteiger partial charge in [-0.15, -0.1) is 0 Å². The van der Waals surface area contributed by atoms with Crippen LogP contribution >= 0.6 is 23.1 Å². The van der Waals surface area contributed by atoms with Crippen molar-refractivity contribution in [1.82, 2.24) is 0 Å². The lowest BCUT2D eigenvalue weighted by Crippen LogP contribution is -2.10. The highest BCUT2D eigenvalue weighted by Crippen LogP contribution is 2.30. The Kier molecular flexibility index (Phi) is 4.84. The molecule has 1 unspecified atom stereocenters. The second-order valence-electron chi connectivity index (χ2n) is 3.51. The van der Waals surface area contributed by atoms with Gasteiger partial charge >= 0.3 is 0 Å². The standard InChI is InChI=1S/C10H17NS2/c1-8(2)6-13-10(5-11)9-3-4-12-7-9/h3-4,7-8,10H,5-6,11H2,1-2H3. The minimum absolute atomic E-state index is 0.494. The molecular formula is C10H17NS2. The van der Waals surface area contributed by atoms with E-state index in [1.165, 1.54) is 11.3 Å². The summed E-state index contributed by atoms with van der Waals surface area (Å²) in [5.41, 5.74) is 7.12. The molecule has 0 aromatic carbocycles. The van der Waals surface area contributed by atoms with E-state index in [-0.39, 0.29) is 0 Å². The van der Waals surface area contributed by atoms with Crippen molar-refractivity contribution in [2.75, 3.05) is 12.3 Å². The molecule has 0 fully saturated rings. The van der Waals surface area contributed by atoms with E-state index < -0.39 is 0 Å². The zero-order valence-corrected chi connectivity index (χ0v) is 9.83. The quantitative estimate of drug-likeness (QED) is 0.816. The zero-order chi connectivity index (χ0) is 9.68. The Bertz CT molecular complexity index is 219. The van der Waals surface area contributed by atoms with Gasteiger partial charge in [-0.05, 0) is 34.1 Å². The van der Waals surface area contributed by atoms with Crippen molar-refractivity contribution in [1.29, 1.82) is 0 Å². The maximum Gasteiger partial charge on any atom is 0.0427 e. The normalized spacial score (nSPS) is 13.5. The molecule has 3 heteroatoms. The molecule has 1 heterocycles. The van der Waals surface area contributed by atoms with Crippen LogP contribution in [0.25, 0.3) is 0 Å². The van der Waals surface area contributed by atoms with Crippen molar-refractivity contribution in [2.24, 2.45) is 11.7 Å². The molecule has 0 aliphatic rings. The predicted octanol–water partition coefficient (Wildman–Crippen LogP) is 3.14. The number of nitrogens with two attached hydrogens (primary N) is 1. The number of thioether (sulfide) groups is 1. The summed E-state index contributed by atoms with van der Waals surface area (Å²) in [7, 11) is 0. The largest absolute Gasteiger partial charge is 0.329 e. The molecule has 13 heavy (non-hydrogen) atoms. The van der Waals surface area contributed by atoms with Gasteiger partial charge in [-0.2, -0.15) is 23.1 Å². The van der Waals surface area contributed by atoms with Gasteiger partial charge in [0.25, 0.3) is 0 Å². The van der Waals surface area contributed by atoms with Crippen molar-refractivity contribution in [2.45, 2.75) is 19.1 Å². The lowest BCUT2D eigenvalue weighted by atomic mass is 10.2. The third-order valence-corrected chi connectivity index (χ3v) is 4.19. The Morgan fingerprint density at radius 1 is 1.54 bits per heavy atom. The summed E-state index contributed by atoms with van der Waals surface area (Å²) in [6, 6.07) is 2.18. The summed E-state index contributed by atoms with van der Waals surface area (Å²) in [6.07, 6.45) is 0. The van der Waals surface area contributed by atoms with Crippen molar-refractivity contribution in [3.05, 3.63) is 22.4 Å². The molecule has 2 N–H and O–H groups in total. The van der Waals surface area contributed by atoms with Crippen LogP contribution in [0.3, 0.4) is 0 Å². The summed E-state index contributed by atoms with van der Waals surface area (Å²) in [4.78, 5) is 0. The molecule has 1 nitrogen and oxygen atoms in total. The molecule has 0 saturated heterocycles. The molecule has 0 bridgehead atoms. The van der Waals surface area contributed by atoms with Crippen molar-refractivity contribution in [3.8, 4) is 0 Å². The first-order chi connectivity index (χ1) is 6.24. The van der Waals surface area contributed by atoms with Gasteiger partial charge in [0.1, 0.15) is 0 Å². The smallest absolute Gasteiger partial charge is 0.0427 e. The van der Waals surface area contributed by atoms with Crippen LogP contribution in [-0.2, 0) is 0 Å². The molecule has 0 aliphatic heterocycles. The molecule has 1 aromatic heterocycles. The van der Waals surface area contributed by atoms with Gasteiger partial charge in [-0.3, -0.25) is 0 Å². The van der Waals surface area contributed by atoms with E-state index in [0.717, 1.165) is 12.5 Å². The van der Waals surface area contributed by atoms with Crippen LogP contribution in [0.15, 0.2) is 16.8 Å². The Labute approximate surface area is 88.7 Å². The Morgan fingerprint density at radius 2 is 2.31 bits per heavy atom. The highest BCUT2D eigenvalue weighted by atomic mass is 32.2. The third kappa shape index (κ3) is 3.71. The molecule has 0 saturated carbocycles. The van der Waals surface area contributed by atoms with E-state index in [0.29, 0.717) is 5.25 Å². The number of hydrogen-bond acceptors (Lipinski definition) is 3. The van der Waals surface area contributed by atoms with Crippen LogP contribution in [0.5, 0.6) is 0 Å². The fourth-order valence-electron chi connectivity index (χ4n) is 1.07. The summed E-state index contributed by atoms with van der Waals surface area (Å²) in [6.45, 7) is 5.23. The maximum atomic E-state index is 5.73. The summed E-state index contributed by atoms with van der Waals surface area (Å²) >= 11 is 3.72. The topological polar surface area (TPSA) is 26.0 Å². The predicted molar refractivity (Wildman–Crippen MR) is 63.4 cm³/mol. The Hall–Kier alpha value is 0.01000. The molecule has 74 valence electrons. The lowest BCUT2D eigenvalue weighted by molar-refractivity contribution is 0.746. The van der Waals surface area contributed by atoms with Crippen LogP contribution in [0.2, 0.25) is 0 Å². The van der Waals surface area contributed by atoms with E-state index in [4.69, 9.17) is 5.73 Å². The maximum absolute atomic E-state index is 5.73. The fourth-order valence-corrected chi connectivity index (χ4v) is 2.96. The molecular weight excluding hydrogens is 198 g/mol. The monoisotopic (exact) mass is 215 g/mol. The Morgan fingerprint density at radius 3 is 2.77 bits per heavy atom. The van der Waals surface area contributed by atoms with Gasteiger partial charge in [-0.1, -0.05) is 13.8 Å².